The van der Waals surface area contributed by atoms with Crippen LogP contribution >= 0.6 is 0 Å². The van der Waals surface area contributed by atoms with Crippen LogP contribution in [0.2, 0.25) is 0 Å². The van der Waals surface area contributed by atoms with Crippen LogP contribution in [0.1, 0.15) is 16.7 Å². The minimum Gasteiger partial charge on any atom is -0.0705 e. The van der Waals surface area contributed by atoms with Crippen molar-refractivity contribution in [2.45, 2.75) is 20.8 Å². The third kappa shape index (κ3) is 3.19. The van der Waals surface area contributed by atoms with Gasteiger partial charge < -0.3 is 0 Å². The molecule has 2 aliphatic heterocycles. The van der Waals surface area contributed by atoms with Crippen LogP contribution in [0.5, 0.6) is 0 Å². The fraction of sp³-hybridized carbons (Fsp3) is 0.0698. The van der Waals surface area contributed by atoms with Gasteiger partial charge >= 0.3 is 0 Å². The molecule has 0 bridgehead atoms. The lowest BCUT2D eigenvalue weighted by Gasteiger charge is -2.24. The van der Waals surface area contributed by atoms with Gasteiger partial charge in [-0.15, -0.1) is 0 Å². The Kier molecular flexibility index (Phi) is 5.05. The molecule has 0 N–H and O–H groups in total. The number of rotatable bonds is 2. The first-order valence-electron chi connectivity index (χ1n) is 16.2. The van der Waals surface area contributed by atoms with Crippen molar-refractivity contribution in [1.29, 1.82) is 0 Å². The van der Waals surface area contributed by atoms with E-state index >= 15 is 0 Å². The zero-order valence-electron chi connectivity index (χ0n) is 25.8. The Balaban J connectivity index is 1.40. The minimum absolute atomic E-state index is 0.177. The molecule has 2 heterocycles. The van der Waals surface area contributed by atoms with Crippen LogP contribution in [0.15, 0.2) is 127 Å². The van der Waals surface area contributed by atoms with Gasteiger partial charge in [-0.25, -0.2) is 0 Å². The van der Waals surface area contributed by atoms with Crippen molar-refractivity contribution in [2.75, 3.05) is 0 Å². The van der Waals surface area contributed by atoms with E-state index in [9.17, 15) is 0 Å². The van der Waals surface area contributed by atoms with E-state index in [-0.39, 0.29) is 13.4 Å². The van der Waals surface area contributed by atoms with Crippen molar-refractivity contribution in [3.8, 4) is 22.3 Å². The first kappa shape index (κ1) is 25.3. The maximum atomic E-state index is 2.60. The first-order valence-corrected chi connectivity index (χ1v) is 16.2. The molecule has 0 amide bonds. The van der Waals surface area contributed by atoms with Gasteiger partial charge in [-0.05, 0) is 92.0 Å². The van der Waals surface area contributed by atoms with E-state index in [1.165, 1.54) is 104 Å². The molecule has 10 rings (SSSR count). The number of fused-ring (bicyclic) bond motifs is 6. The molecule has 0 atom stereocenters. The normalized spacial score (nSPS) is 13.1. The van der Waals surface area contributed by atoms with Gasteiger partial charge in [0.15, 0.2) is 0 Å². The molecule has 2 aliphatic rings. The smallest absolute Gasteiger partial charge is 0.0705 e. The predicted molar refractivity (Wildman–Crippen MR) is 197 cm³/mol. The molecule has 0 spiro atoms. The highest BCUT2D eigenvalue weighted by atomic mass is 14.2. The standard InChI is InChI=1S/C43H30B2/c1-25-26(2)28-20-22-34-40(44-36-16-8-4-12-30(36)31-13-5-9-17-37(31)44)24-41(35-23-21-29(27(25)3)42(28)43(34)35)45-38-18-10-6-14-32(38)33-15-7-11-19-39(33)45/h4-24H,1-3H3. The van der Waals surface area contributed by atoms with Crippen LogP contribution in [0.3, 0.4) is 0 Å². The molecule has 0 saturated carbocycles. The summed E-state index contributed by atoms with van der Waals surface area (Å²) >= 11 is 0. The largest absolute Gasteiger partial charge is 0.243 e. The van der Waals surface area contributed by atoms with Crippen LogP contribution in [0.25, 0.3) is 54.6 Å². The molecule has 0 radical (unpaired) electrons. The summed E-state index contributed by atoms with van der Waals surface area (Å²) in [7, 11) is 0. The zero-order chi connectivity index (χ0) is 30.0. The van der Waals surface area contributed by atoms with Crippen molar-refractivity contribution < 1.29 is 0 Å². The van der Waals surface area contributed by atoms with Crippen LogP contribution in [-0.2, 0) is 0 Å². The van der Waals surface area contributed by atoms with Crippen LogP contribution in [0.4, 0.5) is 0 Å². The Morgan fingerprint density at radius 2 is 0.622 bits per heavy atom. The number of aryl methyl sites for hydroxylation is 2. The van der Waals surface area contributed by atoms with E-state index in [2.05, 4.69) is 148 Å². The second-order valence-electron chi connectivity index (χ2n) is 13.2. The van der Waals surface area contributed by atoms with E-state index < -0.39 is 0 Å². The molecular formula is C43H30B2. The van der Waals surface area contributed by atoms with Gasteiger partial charge in [-0.3, -0.25) is 0 Å². The molecule has 0 aromatic heterocycles. The summed E-state index contributed by atoms with van der Waals surface area (Å²) in [6.07, 6.45) is 0. The van der Waals surface area contributed by atoms with Crippen LogP contribution < -0.4 is 32.8 Å². The molecule has 0 fully saturated rings. The molecular weight excluding hydrogens is 538 g/mol. The fourth-order valence-electron chi connectivity index (χ4n) is 9.07. The number of hydrogen-bond donors (Lipinski definition) is 0. The van der Waals surface area contributed by atoms with Crippen molar-refractivity contribution >= 4 is 78.5 Å². The predicted octanol–water partition coefficient (Wildman–Crippen LogP) is 6.50. The average molecular weight is 568 g/mol. The molecule has 208 valence electrons. The van der Waals surface area contributed by atoms with Gasteiger partial charge in [0.05, 0.1) is 0 Å². The lowest BCUT2D eigenvalue weighted by Crippen LogP contribution is -2.54. The monoisotopic (exact) mass is 568 g/mol. The Labute approximate surface area is 264 Å². The lowest BCUT2D eigenvalue weighted by atomic mass is 9.34. The molecule has 0 unspecified atom stereocenters. The quantitative estimate of drug-likeness (QED) is 0.165. The maximum Gasteiger partial charge on any atom is 0.243 e. The summed E-state index contributed by atoms with van der Waals surface area (Å²) in [5.74, 6) is 0. The third-order valence-electron chi connectivity index (χ3n) is 11.3. The van der Waals surface area contributed by atoms with E-state index in [1.54, 1.807) is 0 Å². The second kappa shape index (κ2) is 8.99. The van der Waals surface area contributed by atoms with E-state index in [4.69, 9.17) is 0 Å². The van der Waals surface area contributed by atoms with E-state index in [0.29, 0.717) is 0 Å². The van der Waals surface area contributed by atoms with Crippen LogP contribution in [0, 0.1) is 20.8 Å². The number of hydrogen-bond acceptors (Lipinski definition) is 0. The SMILES string of the molecule is Cc1c(C)c2ccc3c(B4c5ccccc5-c5ccccc54)cc(B4c5ccccc5-c5ccccc54)c4ccc(c1C)c2c34. The highest BCUT2D eigenvalue weighted by molar-refractivity contribution is 7.03. The van der Waals surface area contributed by atoms with Crippen molar-refractivity contribution in [3.05, 3.63) is 144 Å². The molecule has 8 aromatic rings. The zero-order valence-corrected chi connectivity index (χ0v) is 25.8. The summed E-state index contributed by atoms with van der Waals surface area (Å²) in [5.41, 5.74) is 18.1. The summed E-state index contributed by atoms with van der Waals surface area (Å²) in [6.45, 7) is 7.26. The van der Waals surface area contributed by atoms with Gasteiger partial charge in [0.1, 0.15) is 0 Å². The van der Waals surface area contributed by atoms with Gasteiger partial charge in [0.25, 0.3) is 0 Å². The summed E-state index contributed by atoms with van der Waals surface area (Å²) in [4.78, 5) is 0. The highest BCUT2D eigenvalue weighted by Crippen LogP contribution is 2.39. The Bertz CT molecular complexity index is 2280. The molecule has 0 aliphatic carbocycles. The summed E-state index contributed by atoms with van der Waals surface area (Å²) < 4.78 is 0. The first-order chi connectivity index (χ1) is 22.1. The highest BCUT2D eigenvalue weighted by Gasteiger charge is 2.38. The maximum absolute atomic E-state index is 2.60. The van der Waals surface area contributed by atoms with Crippen molar-refractivity contribution in [3.63, 3.8) is 0 Å². The Morgan fingerprint density at radius 3 is 1.00 bits per heavy atom. The average Bonchev–Trinajstić information content (AvgIpc) is 3.60. The second-order valence-corrected chi connectivity index (χ2v) is 13.2. The van der Waals surface area contributed by atoms with Gasteiger partial charge in [-0.1, -0.05) is 160 Å². The van der Waals surface area contributed by atoms with Crippen LogP contribution in [-0.4, -0.2) is 13.4 Å². The van der Waals surface area contributed by atoms with Crippen molar-refractivity contribution in [2.24, 2.45) is 0 Å². The van der Waals surface area contributed by atoms with E-state index in [1.807, 2.05) is 0 Å². The van der Waals surface area contributed by atoms with Gasteiger partial charge in [0.2, 0.25) is 13.4 Å². The van der Waals surface area contributed by atoms with Gasteiger partial charge in [0, 0.05) is 0 Å². The number of benzene rings is 8. The molecule has 0 nitrogen and oxygen atoms in total. The molecule has 45 heavy (non-hydrogen) atoms. The Morgan fingerprint density at radius 1 is 0.311 bits per heavy atom. The fourth-order valence-corrected chi connectivity index (χ4v) is 9.07. The summed E-state index contributed by atoms with van der Waals surface area (Å²) in [6, 6.07) is 48.6. The molecule has 2 heteroatoms. The minimum atomic E-state index is 0.177. The van der Waals surface area contributed by atoms with Gasteiger partial charge in [-0.2, -0.15) is 0 Å². The molecule has 0 saturated heterocycles. The van der Waals surface area contributed by atoms with Crippen molar-refractivity contribution in [1.82, 2.24) is 0 Å². The Hall–Kier alpha value is -5.07. The lowest BCUT2D eigenvalue weighted by molar-refractivity contribution is 1.32. The summed E-state index contributed by atoms with van der Waals surface area (Å²) in [5, 5.41) is 8.37. The topological polar surface area (TPSA) is 0 Å². The third-order valence-corrected chi connectivity index (χ3v) is 11.3. The van der Waals surface area contributed by atoms with E-state index in [0.717, 1.165) is 0 Å². The molecule has 8 aromatic carbocycles.